The number of nitrogens with zero attached hydrogens (tertiary/aromatic N) is 1. The van der Waals surface area contributed by atoms with Crippen LogP contribution in [0.15, 0.2) is 12.1 Å². The summed E-state index contributed by atoms with van der Waals surface area (Å²) < 4.78 is 13.3. The Bertz CT molecular complexity index is 313. The number of rotatable bonds is 2. The topological polar surface area (TPSA) is 43.7 Å². The lowest BCUT2D eigenvalue weighted by atomic mass is 10.1. The van der Waals surface area contributed by atoms with E-state index in [9.17, 15) is 9.50 Å². The van der Waals surface area contributed by atoms with Crippen molar-refractivity contribution < 1.29 is 14.7 Å². The summed E-state index contributed by atoms with van der Waals surface area (Å²) in [6.07, 6.45) is 0. The Labute approximate surface area is 76.0 Å². The maximum absolute atomic E-state index is 13.3. The predicted octanol–water partition coefficient (Wildman–Crippen LogP) is 1.66. The lowest BCUT2D eigenvalue weighted by Crippen LogP contribution is -2.13. The van der Waals surface area contributed by atoms with Crippen molar-refractivity contribution in [2.75, 3.05) is 7.05 Å². The first-order valence-electron chi connectivity index (χ1n) is 3.89. The summed E-state index contributed by atoms with van der Waals surface area (Å²) in [5.41, 5.74) is 0.569. The van der Waals surface area contributed by atoms with Crippen LogP contribution in [0.1, 0.15) is 11.1 Å². The van der Waals surface area contributed by atoms with Gasteiger partial charge in [-0.3, -0.25) is 0 Å². The molecule has 3 nitrogen and oxygen atoms in total. The molecule has 2 N–H and O–H groups in total. The monoisotopic (exact) mass is 185 g/mol. The molecule has 13 heavy (non-hydrogen) atoms. The molecule has 0 aliphatic carbocycles. The minimum Gasteiger partial charge on any atom is -0.508 e. The number of aromatic hydroxyl groups is 1. The molecule has 0 amide bonds. The first-order chi connectivity index (χ1) is 6.02. The van der Waals surface area contributed by atoms with Gasteiger partial charge in [0.2, 0.25) is 0 Å². The molecule has 0 radical (unpaired) electrons. The van der Waals surface area contributed by atoms with E-state index in [0.29, 0.717) is 5.56 Å². The van der Waals surface area contributed by atoms with Crippen molar-refractivity contribution >= 4 is 0 Å². The van der Waals surface area contributed by atoms with Crippen LogP contribution >= 0.6 is 0 Å². The molecule has 1 aromatic carbocycles. The van der Waals surface area contributed by atoms with Gasteiger partial charge in [-0.2, -0.15) is 5.06 Å². The van der Waals surface area contributed by atoms with E-state index < -0.39 is 5.82 Å². The number of hydrogen-bond donors (Lipinski definition) is 2. The first-order valence-corrected chi connectivity index (χ1v) is 3.89. The zero-order valence-electron chi connectivity index (χ0n) is 7.58. The van der Waals surface area contributed by atoms with Gasteiger partial charge in [0, 0.05) is 12.6 Å². The van der Waals surface area contributed by atoms with Gasteiger partial charge in [-0.25, -0.2) is 4.39 Å². The molecule has 0 saturated heterocycles. The molecule has 0 heterocycles. The SMILES string of the molecule is Cc1ccc(O)c(CN(C)O)c1F. The first kappa shape index (κ1) is 9.95. The molecular formula is C9H12FNO2. The van der Waals surface area contributed by atoms with Crippen LogP contribution in [0.25, 0.3) is 0 Å². The number of halogens is 1. The molecule has 0 aromatic heterocycles. The average molecular weight is 185 g/mol. The van der Waals surface area contributed by atoms with Gasteiger partial charge < -0.3 is 10.3 Å². The number of hydroxylamine groups is 2. The van der Waals surface area contributed by atoms with Crippen molar-refractivity contribution in [3.63, 3.8) is 0 Å². The summed E-state index contributed by atoms with van der Waals surface area (Å²) in [6.45, 7) is 1.58. The fourth-order valence-corrected chi connectivity index (χ4v) is 1.11. The van der Waals surface area contributed by atoms with E-state index in [1.807, 2.05) is 0 Å². The van der Waals surface area contributed by atoms with Gasteiger partial charge in [-0.1, -0.05) is 6.07 Å². The smallest absolute Gasteiger partial charge is 0.134 e. The van der Waals surface area contributed by atoms with E-state index >= 15 is 0 Å². The molecule has 4 heteroatoms. The predicted molar refractivity (Wildman–Crippen MR) is 46.1 cm³/mol. The fraction of sp³-hybridized carbons (Fsp3) is 0.333. The molecule has 0 bridgehead atoms. The highest BCUT2D eigenvalue weighted by Crippen LogP contribution is 2.23. The Kier molecular flexibility index (Phi) is 2.85. The van der Waals surface area contributed by atoms with E-state index in [-0.39, 0.29) is 17.9 Å². The van der Waals surface area contributed by atoms with Gasteiger partial charge in [-0.15, -0.1) is 0 Å². The summed E-state index contributed by atoms with van der Waals surface area (Å²) in [4.78, 5) is 0. The van der Waals surface area contributed by atoms with E-state index in [0.717, 1.165) is 5.06 Å². The summed E-state index contributed by atoms with van der Waals surface area (Å²) in [7, 11) is 1.39. The van der Waals surface area contributed by atoms with E-state index in [1.165, 1.54) is 19.2 Å². The molecule has 0 atom stereocenters. The molecular weight excluding hydrogens is 173 g/mol. The molecule has 0 fully saturated rings. The van der Waals surface area contributed by atoms with Crippen LogP contribution in [0.2, 0.25) is 0 Å². The minimum atomic E-state index is -0.471. The number of phenolic OH excluding ortho intramolecular Hbond substituents is 1. The van der Waals surface area contributed by atoms with Gasteiger partial charge in [0.25, 0.3) is 0 Å². The van der Waals surface area contributed by atoms with Gasteiger partial charge in [0.15, 0.2) is 0 Å². The van der Waals surface area contributed by atoms with E-state index in [4.69, 9.17) is 5.21 Å². The number of aryl methyl sites for hydroxylation is 1. The van der Waals surface area contributed by atoms with Crippen molar-refractivity contribution in [1.29, 1.82) is 0 Å². The molecule has 0 unspecified atom stereocenters. The summed E-state index contributed by atoms with van der Waals surface area (Å²) in [5.74, 6) is -0.607. The molecule has 0 saturated carbocycles. The Morgan fingerprint density at radius 2 is 2.08 bits per heavy atom. The van der Waals surface area contributed by atoms with Crippen molar-refractivity contribution in [3.05, 3.63) is 29.1 Å². The molecule has 1 aromatic rings. The minimum absolute atomic E-state index is 0.0284. The highest BCUT2D eigenvalue weighted by Gasteiger charge is 2.11. The largest absolute Gasteiger partial charge is 0.508 e. The highest BCUT2D eigenvalue weighted by molar-refractivity contribution is 5.37. The Morgan fingerprint density at radius 3 is 2.62 bits per heavy atom. The summed E-state index contributed by atoms with van der Waals surface area (Å²) in [5, 5.41) is 19.0. The van der Waals surface area contributed by atoms with Crippen LogP contribution in [-0.4, -0.2) is 22.4 Å². The Balaban J connectivity index is 3.10. The van der Waals surface area contributed by atoms with Crippen LogP contribution in [0.3, 0.4) is 0 Å². The molecule has 0 aliphatic heterocycles. The van der Waals surface area contributed by atoms with Crippen LogP contribution in [0.4, 0.5) is 4.39 Å². The van der Waals surface area contributed by atoms with Gasteiger partial charge in [0.1, 0.15) is 11.6 Å². The standard InChI is InChI=1S/C9H12FNO2/c1-6-3-4-8(12)7(9(6)10)5-11(2)13/h3-4,12-13H,5H2,1-2H3. The van der Waals surface area contributed by atoms with Crippen LogP contribution < -0.4 is 0 Å². The maximum Gasteiger partial charge on any atom is 0.134 e. The summed E-state index contributed by atoms with van der Waals surface area (Å²) in [6, 6.07) is 2.91. The molecule has 0 aliphatic rings. The normalized spacial score (nSPS) is 10.8. The highest BCUT2D eigenvalue weighted by atomic mass is 19.1. The summed E-state index contributed by atoms with van der Waals surface area (Å²) >= 11 is 0. The maximum atomic E-state index is 13.3. The van der Waals surface area contributed by atoms with Crippen LogP contribution in [0.5, 0.6) is 5.75 Å². The second kappa shape index (κ2) is 3.72. The number of benzene rings is 1. The van der Waals surface area contributed by atoms with E-state index in [1.54, 1.807) is 6.92 Å². The third-order valence-corrected chi connectivity index (χ3v) is 1.80. The van der Waals surface area contributed by atoms with Gasteiger partial charge in [-0.05, 0) is 18.6 Å². The van der Waals surface area contributed by atoms with Crippen molar-refractivity contribution in [3.8, 4) is 5.75 Å². The van der Waals surface area contributed by atoms with E-state index in [2.05, 4.69) is 0 Å². The molecule has 0 spiro atoms. The quantitative estimate of drug-likeness (QED) is 0.689. The van der Waals surface area contributed by atoms with Crippen LogP contribution in [-0.2, 0) is 6.54 Å². The lowest BCUT2D eigenvalue weighted by Gasteiger charge is -2.11. The third kappa shape index (κ3) is 2.17. The van der Waals surface area contributed by atoms with Crippen LogP contribution in [0, 0.1) is 12.7 Å². The van der Waals surface area contributed by atoms with Crippen molar-refractivity contribution in [1.82, 2.24) is 5.06 Å². The molecule has 72 valence electrons. The van der Waals surface area contributed by atoms with Gasteiger partial charge >= 0.3 is 0 Å². The van der Waals surface area contributed by atoms with Crippen molar-refractivity contribution in [2.45, 2.75) is 13.5 Å². The Hall–Kier alpha value is -1.13. The zero-order chi connectivity index (χ0) is 10.0. The van der Waals surface area contributed by atoms with Gasteiger partial charge in [0.05, 0.1) is 6.54 Å². The number of hydrogen-bond acceptors (Lipinski definition) is 3. The molecule has 1 rings (SSSR count). The zero-order valence-corrected chi connectivity index (χ0v) is 7.58. The Morgan fingerprint density at radius 1 is 1.46 bits per heavy atom. The third-order valence-electron chi connectivity index (χ3n) is 1.80. The second-order valence-electron chi connectivity index (χ2n) is 3.01. The second-order valence-corrected chi connectivity index (χ2v) is 3.01. The fourth-order valence-electron chi connectivity index (χ4n) is 1.11. The average Bonchev–Trinajstić information content (AvgIpc) is 2.05. The van der Waals surface area contributed by atoms with Crippen molar-refractivity contribution in [2.24, 2.45) is 0 Å². The number of phenols is 1. The lowest BCUT2D eigenvalue weighted by molar-refractivity contribution is -0.0742.